The highest BCUT2D eigenvalue weighted by Gasteiger charge is 2.44. The van der Waals surface area contributed by atoms with Crippen LogP contribution in [-0.4, -0.2) is 66.8 Å². The van der Waals surface area contributed by atoms with Crippen molar-refractivity contribution in [2.75, 3.05) is 27.9 Å². The number of guanidine groups is 1. The average molecular weight is 807 g/mol. The van der Waals surface area contributed by atoms with E-state index in [1.165, 1.54) is 32.1 Å². The van der Waals surface area contributed by atoms with E-state index >= 15 is 21.6 Å². The van der Waals surface area contributed by atoms with Gasteiger partial charge in [0.15, 0.2) is 11.8 Å². The standard InChI is InChI=1S/C40H45F3N8O5S/c1-54-31-14-6-27(7-15-31)23-50(24-28-8-16-32(55-2)17-9-28)57(52,53)37-35(40(41,42)43)21-20-34(30-12-4-26(5-13-30)22-46-39(44)45)36(37)38-47-48-49-51(38)25-29-10-18-33(56-3)19-11-29/h6-11,14-21,26,30H,4-5,12-13,22-25H2,1-3H3,(H4,44,45,46). The first kappa shape index (κ1) is 41.0. The summed E-state index contributed by atoms with van der Waals surface area (Å²) in [6.45, 7) is -0.00551. The summed E-state index contributed by atoms with van der Waals surface area (Å²) in [6.07, 6.45) is -2.64. The lowest BCUT2D eigenvalue weighted by atomic mass is 9.77. The van der Waals surface area contributed by atoms with Crippen LogP contribution in [0, 0.1) is 11.3 Å². The molecule has 1 aliphatic carbocycles. The molecule has 5 aromatic rings. The minimum Gasteiger partial charge on any atom is -0.497 e. The summed E-state index contributed by atoms with van der Waals surface area (Å²) in [4.78, 5) is -0.916. The Morgan fingerprint density at radius 1 is 0.825 bits per heavy atom. The van der Waals surface area contributed by atoms with Crippen molar-refractivity contribution in [1.82, 2.24) is 29.8 Å². The summed E-state index contributed by atoms with van der Waals surface area (Å²) < 4.78 is 95.1. The number of alkyl halides is 3. The van der Waals surface area contributed by atoms with Crippen LogP contribution in [0.5, 0.6) is 17.2 Å². The number of hydrogen-bond acceptors (Lipinski definition) is 9. The summed E-state index contributed by atoms with van der Waals surface area (Å²) in [6, 6.07) is 22.6. The molecule has 0 bridgehead atoms. The molecule has 1 heterocycles. The Hall–Kier alpha value is -5.68. The van der Waals surface area contributed by atoms with Gasteiger partial charge in [-0.2, -0.15) is 17.5 Å². The number of tetrazole rings is 1. The Bertz CT molecular complexity index is 2190. The van der Waals surface area contributed by atoms with Gasteiger partial charge in [-0.15, -0.1) is 5.10 Å². The number of halogens is 3. The maximum Gasteiger partial charge on any atom is 0.417 e. The molecule has 1 fully saturated rings. The predicted octanol–water partition coefficient (Wildman–Crippen LogP) is 6.58. The van der Waals surface area contributed by atoms with E-state index in [0.29, 0.717) is 71.7 Å². The van der Waals surface area contributed by atoms with Crippen molar-refractivity contribution in [3.05, 3.63) is 113 Å². The first-order valence-corrected chi connectivity index (χ1v) is 19.7. The lowest BCUT2D eigenvalue weighted by Crippen LogP contribution is -2.35. The highest BCUT2D eigenvalue weighted by Crippen LogP contribution is 2.47. The van der Waals surface area contributed by atoms with Crippen molar-refractivity contribution in [1.29, 1.82) is 5.41 Å². The normalized spacial score (nSPS) is 16.0. The average Bonchev–Trinajstić information content (AvgIpc) is 3.67. The van der Waals surface area contributed by atoms with Gasteiger partial charge in [-0.3, -0.25) is 5.41 Å². The zero-order valence-corrected chi connectivity index (χ0v) is 32.6. The number of ether oxygens (including phenoxy) is 3. The van der Waals surface area contributed by atoms with Gasteiger partial charge in [-0.25, -0.2) is 13.1 Å². The number of nitrogens with two attached hydrogens (primary N) is 1. The van der Waals surface area contributed by atoms with Crippen LogP contribution in [0.4, 0.5) is 13.2 Å². The molecule has 57 heavy (non-hydrogen) atoms. The Balaban J connectivity index is 1.54. The van der Waals surface area contributed by atoms with Gasteiger partial charge >= 0.3 is 6.18 Å². The smallest absolute Gasteiger partial charge is 0.417 e. The Morgan fingerprint density at radius 2 is 1.33 bits per heavy atom. The monoisotopic (exact) mass is 806 g/mol. The van der Waals surface area contributed by atoms with Crippen molar-refractivity contribution in [2.45, 2.75) is 62.3 Å². The quantitative estimate of drug-likeness (QED) is 0.0776. The Kier molecular flexibility index (Phi) is 12.7. The fourth-order valence-electron chi connectivity index (χ4n) is 7.21. The van der Waals surface area contributed by atoms with Gasteiger partial charge in [0, 0.05) is 25.2 Å². The minimum atomic E-state index is -5.08. The van der Waals surface area contributed by atoms with Gasteiger partial charge in [-0.05, 0) is 113 Å². The van der Waals surface area contributed by atoms with Crippen LogP contribution in [-0.2, 0) is 35.8 Å². The summed E-state index contributed by atoms with van der Waals surface area (Å²) in [7, 11) is -0.476. The Morgan fingerprint density at radius 3 is 1.81 bits per heavy atom. The number of hydrogen-bond donors (Lipinski definition) is 3. The number of sulfonamides is 1. The second-order valence-electron chi connectivity index (χ2n) is 13.9. The molecule has 1 aliphatic rings. The van der Waals surface area contributed by atoms with Gasteiger partial charge < -0.3 is 25.3 Å². The molecule has 0 radical (unpaired) electrons. The zero-order valence-electron chi connectivity index (χ0n) is 31.8. The van der Waals surface area contributed by atoms with Gasteiger partial charge in [0.2, 0.25) is 10.0 Å². The first-order valence-electron chi connectivity index (χ1n) is 18.3. The third-order valence-electron chi connectivity index (χ3n) is 10.2. The third kappa shape index (κ3) is 9.65. The summed E-state index contributed by atoms with van der Waals surface area (Å²) in [5.41, 5.74) is 6.17. The van der Waals surface area contributed by atoms with Gasteiger partial charge in [0.25, 0.3) is 0 Å². The molecule has 0 atom stereocenters. The van der Waals surface area contributed by atoms with Crippen LogP contribution < -0.4 is 25.3 Å². The number of methoxy groups -OCH3 is 3. The topological polar surface area (TPSA) is 171 Å². The van der Waals surface area contributed by atoms with Crippen molar-refractivity contribution in [2.24, 2.45) is 11.7 Å². The number of rotatable bonds is 15. The lowest BCUT2D eigenvalue weighted by molar-refractivity contribution is -0.139. The summed E-state index contributed by atoms with van der Waals surface area (Å²) in [5.74, 6) is 1.26. The first-order chi connectivity index (χ1) is 27.3. The molecule has 1 saturated carbocycles. The fraction of sp³-hybridized carbons (Fsp3) is 0.350. The predicted molar refractivity (Wildman–Crippen MR) is 207 cm³/mol. The summed E-state index contributed by atoms with van der Waals surface area (Å²) >= 11 is 0. The largest absolute Gasteiger partial charge is 0.497 e. The van der Waals surface area contributed by atoms with Crippen LogP contribution in [0.3, 0.4) is 0 Å². The van der Waals surface area contributed by atoms with E-state index in [1.807, 2.05) is 0 Å². The van der Waals surface area contributed by atoms with Gasteiger partial charge in [0.1, 0.15) is 22.1 Å². The molecule has 6 rings (SSSR count). The minimum absolute atomic E-state index is 0.0341. The molecule has 0 saturated heterocycles. The molecule has 17 heteroatoms. The molecule has 4 N–H and O–H groups in total. The fourth-order valence-corrected chi connectivity index (χ4v) is 9.03. The van der Waals surface area contributed by atoms with Crippen LogP contribution in [0.15, 0.2) is 89.8 Å². The number of nitrogens with zero attached hydrogens (tertiary/aromatic N) is 5. The van der Waals surface area contributed by atoms with E-state index < -0.39 is 26.7 Å². The van der Waals surface area contributed by atoms with Crippen LogP contribution in [0.1, 0.15) is 59.4 Å². The molecule has 302 valence electrons. The maximum atomic E-state index is 15.4. The van der Waals surface area contributed by atoms with Crippen molar-refractivity contribution >= 4 is 16.0 Å². The highest BCUT2D eigenvalue weighted by molar-refractivity contribution is 7.89. The molecule has 0 aliphatic heterocycles. The van der Waals surface area contributed by atoms with E-state index in [1.54, 1.807) is 72.8 Å². The molecule has 0 spiro atoms. The Labute approximate surface area is 329 Å². The van der Waals surface area contributed by atoms with Crippen molar-refractivity contribution in [3.63, 3.8) is 0 Å². The molecule has 1 aromatic heterocycles. The molecule has 13 nitrogen and oxygen atoms in total. The number of benzene rings is 4. The van der Waals surface area contributed by atoms with E-state index in [2.05, 4.69) is 20.8 Å². The SMILES string of the molecule is COc1ccc(CN(Cc2ccc(OC)cc2)S(=O)(=O)c2c(C(F)(F)F)ccc(C3CCC(CNC(=N)N)CC3)c2-c2nnnn2Cc2ccc(OC)cc2)cc1. The van der Waals surface area contributed by atoms with Crippen LogP contribution >= 0.6 is 0 Å². The van der Waals surface area contributed by atoms with E-state index in [-0.39, 0.29) is 48.8 Å². The van der Waals surface area contributed by atoms with Gasteiger partial charge in [0.05, 0.1) is 33.4 Å². The van der Waals surface area contributed by atoms with Crippen LogP contribution in [0.2, 0.25) is 0 Å². The molecular weight excluding hydrogens is 762 g/mol. The number of aromatic nitrogens is 4. The zero-order chi connectivity index (χ0) is 40.7. The molecule has 0 amide bonds. The van der Waals surface area contributed by atoms with E-state index in [4.69, 9.17) is 25.4 Å². The lowest BCUT2D eigenvalue weighted by Gasteiger charge is -2.32. The molecular formula is C40H45F3N8O5S. The van der Waals surface area contributed by atoms with E-state index in [0.717, 1.165) is 10.4 Å². The summed E-state index contributed by atoms with van der Waals surface area (Å²) in [5, 5.41) is 22.7. The molecule has 0 unspecified atom stereocenters. The maximum absolute atomic E-state index is 15.4. The van der Waals surface area contributed by atoms with E-state index in [9.17, 15) is 0 Å². The molecule has 4 aromatic carbocycles. The number of nitrogens with one attached hydrogen (secondary N) is 2. The highest BCUT2D eigenvalue weighted by atomic mass is 32.2. The van der Waals surface area contributed by atoms with Gasteiger partial charge in [-0.1, -0.05) is 42.5 Å². The van der Waals surface area contributed by atoms with Crippen LogP contribution in [0.25, 0.3) is 11.4 Å². The van der Waals surface area contributed by atoms with Crippen molar-refractivity contribution < 1.29 is 35.8 Å². The second kappa shape index (κ2) is 17.6. The third-order valence-corrected chi connectivity index (χ3v) is 12.1. The van der Waals surface area contributed by atoms with Crippen molar-refractivity contribution in [3.8, 4) is 28.6 Å². The second-order valence-corrected chi connectivity index (χ2v) is 15.8.